The molecule has 4 aromatic carbocycles. The molecule has 1 amide bonds. The van der Waals surface area contributed by atoms with Crippen molar-refractivity contribution in [2.45, 2.75) is 33.4 Å². The molecule has 180 valence electrons. The zero-order chi connectivity index (χ0) is 25.2. The van der Waals surface area contributed by atoms with Crippen LogP contribution in [0, 0.1) is 13.8 Å². The Morgan fingerprint density at radius 3 is 2.31 bits per heavy atom. The Labute approximate surface area is 217 Å². The van der Waals surface area contributed by atoms with E-state index in [4.69, 9.17) is 11.6 Å². The van der Waals surface area contributed by atoms with Gasteiger partial charge < -0.3 is 9.88 Å². The molecule has 0 aliphatic carbocycles. The number of halogens is 1. The van der Waals surface area contributed by atoms with Crippen molar-refractivity contribution in [2.24, 2.45) is 0 Å². The Kier molecular flexibility index (Phi) is 6.67. The van der Waals surface area contributed by atoms with Gasteiger partial charge in [-0.2, -0.15) is 0 Å². The van der Waals surface area contributed by atoms with Gasteiger partial charge in [-0.1, -0.05) is 78.3 Å². The maximum absolute atomic E-state index is 13.0. The summed E-state index contributed by atoms with van der Waals surface area (Å²) < 4.78 is 2.33. The Bertz CT molecular complexity index is 1530. The van der Waals surface area contributed by atoms with Gasteiger partial charge in [0.15, 0.2) is 0 Å². The lowest BCUT2D eigenvalue weighted by molar-refractivity contribution is 0.0940. The van der Waals surface area contributed by atoms with Gasteiger partial charge in [-0.3, -0.25) is 4.79 Å². The van der Waals surface area contributed by atoms with Crippen LogP contribution in [0.25, 0.3) is 22.0 Å². The van der Waals surface area contributed by atoms with Gasteiger partial charge in [-0.15, -0.1) is 0 Å². The third-order valence-corrected chi connectivity index (χ3v) is 7.23. The normalized spacial score (nSPS) is 12.0. The number of fused-ring (bicyclic) bond motifs is 1. The SMILES string of the molecule is Cc1c(C)n(Cc2ccc(-c3ccccc3)cc2)c2ccc(C(=O)N[C@H](C)c3cccc(Cl)c3)cc12. The Morgan fingerprint density at radius 1 is 0.861 bits per heavy atom. The molecule has 1 atom stereocenters. The van der Waals surface area contributed by atoms with Crippen molar-refractivity contribution in [3.05, 3.63) is 130 Å². The molecule has 0 radical (unpaired) electrons. The maximum atomic E-state index is 13.0. The van der Waals surface area contributed by atoms with Gasteiger partial charge in [0.1, 0.15) is 0 Å². The molecule has 0 bridgehead atoms. The highest BCUT2D eigenvalue weighted by Gasteiger charge is 2.16. The predicted octanol–water partition coefficient (Wildman–Crippen LogP) is 8.12. The van der Waals surface area contributed by atoms with Crippen LogP contribution in [-0.4, -0.2) is 10.5 Å². The van der Waals surface area contributed by atoms with Gasteiger partial charge in [0.05, 0.1) is 6.04 Å². The molecular weight excluding hydrogens is 464 g/mol. The summed E-state index contributed by atoms with van der Waals surface area (Å²) in [6, 6.07) is 32.6. The second-order valence-corrected chi connectivity index (χ2v) is 9.78. The minimum atomic E-state index is -0.141. The first kappa shape index (κ1) is 23.9. The molecule has 1 N–H and O–H groups in total. The van der Waals surface area contributed by atoms with Crippen LogP contribution in [0.3, 0.4) is 0 Å². The third kappa shape index (κ3) is 4.80. The van der Waals surface area contributed by atoms with Crippen LogP contribution in [-0.2, 0) is 6.54 Å². The smallest absolute Gasteiger partial charge is 0.251 e. The molecule has 0 saturated carbocycles. The van der Waals surface area contributed by atoms with E-state index in [9.17, 15) is 4.79 Å². The van der Waals surface area contributed by atoms with Gasteiger partial charge in [-0.25, -0.2) is 0 Å². The van der Waals surface area contributed by atoms with Gasteiger partial charge >= 0.3 is 0 Å². The molecule has 0 aliphatic heterocycles. The van der Waals surface area contributed by atoms with E-state index in [1.54, 1.807) is 0 Å². The first-order valence-corrected chi connectivity index (χ1v) is 12.6. The Hall–Kier alpha value is -3.82. The fraction of sp³-hybridized carbons (Fsp3) is 0.156. The summed E-state index contributed by atoms with van der Waals surface area (Å²) >= 11 is 6.12. The van der Waals surface area contributed by atoms with E-state index < -0.39 is 0 Å². The molecule has 5 rings (SSSR count). The van der Waals surface area contributed by atoms with Gasteiger partial charge in [0.25, 0.3) is 5.91 Å². The summed E-state index contributed by atoms with van der Waals surface area (Å²) in [6.07, 6.45) is 0. The first-order valence-electron chi connectivity index (χ1n) is 12.2. The van der Waals surface area contributed by atoms with Crippen LogP contribution in [0.4, 0.5) is 0 Å². The number of amides is 1. The molecule has 0 aliphatic rings. The van der Waals surface area contributed by atoms with Crippen LogP contribution >= 0.6 is 11.6 Å². The van der Waals surface area contributed by atoms with E-state index in [2.05, 4.69) is 78.3 Å². The number of carbonyl (C=O) groups excluding carboxylic acids is 1. The van der Waals surface area contributed by atoms with Crippen LogP contribution in [0.5, 0.6) is 0 Å². The van der Waals surface area contributed by atoms with Crippen molar-refractivity contribution in [3.63, 3.8) is 0 Å². The molecule has 36 heavy (non-hydrogen) atoms. The quantitative estimate of drug-likeness (QED) is 0.255. The van der Waals surface area contributed by atoms with Gasteiger partial charge in [0, 0.05) is 33.7 Å². The summed E-state index contributed by atoms with van der Waals surface area (Å²) in [5.41, 5.74) is 8.86. The number of aryl methyl sites for hydroxylation is 1. The molecule has 1 heterocycles. The largest absolute Gasteiger partial charge is 0.346 e. The summed E-state index contributed by atoms with van der Waals surface area (Å²) in [6.45, 7) is 7.02. The molecule has 3 nitrogen and oxygen atoms in total. The van der Waals surface area contributed by atoms with Crippen molar-refractivity contribution in [2.75, 3.05) is 0 Å². The van der Waals surface area contributed by atoms with E-state index in [0.29, 0.717) is 10.6 Å². The Morgan fingerprint density at radius 2 is 1.58 bits per heavy atom. The van der Waals surface area contributed by atoms with Crippen molar-refractivity contribution < 1.29 is 4.79 Å². The second kappa shape index (κ2) is 10.0. The number of aromatic nitrogens is 1. The average molecular weight is 493 g/mol. The lowest BCUT2D eigenvalue weighted by Crippen LogP contribution is -2.26. The minimum absolute atomic E-state index is 0.0920. The predicted molar refractivity (Wildman–Crippen MR) is 150 cm³/mol. The highest BCUT2D eigenvalue weighted by molar-refractivity contribution is 6.30. The number of nitrogens with one attached hydrogen (secondary N) is 1. The minimum Gasteiger partial charge on any atom is -0.346 e. The second-order valence-electron chi connectivity index (χ2n) is 9.34. The standard InChI is InChI=1S/C32H29ClN2O/c1-21-23(3)35(20-24-12-14-26(15-13-24)25-8-5-4-6-9-25)31-17-16-28(19-30(21)31)32(36)34-22(2)27-10-7-11-29(33)18-27/h4-19,22H,20H2,1-3H3,(H,34,36)/t22-/m1/s1. The monoisotopic (exact) mass is 492 g/mol. The van der Waals surface area contributed by atoms with Crippen LogP contribution in [0.15, 0.2) is 97.1 Å². The van der Waals surface area contributed by atoms with Crippen molar-refractivity contribution in [1.82, 2.24) is 9.88 Å². The maximum Gasteiger partial charge on any atom is 0.251 e. The molecule has 0 fully saturated rings. The molecule has 4 heteroatoms. The van der Waals surface area contributed by atoms with E-state index in [1.807, 2.05) is 49.4 Å². The van der Waals surface area contributed by atoms with E-state index in [0.717, 1.165) is 23.0 Å². The number of hydrogen-bond donors (Lipinski definition) is 1. The molecule has 1 aromatic heterocycles. The number of benzene rings is 4. The van der Waals surface area contributed by atoms with Crippen LogP contribution < -0.4 is 5.32 Å². The summed E-state index contributed by atoms with van der Waals surface area (Å²) in [7, 11) is 0. The molecule has 0 saturated heterocycles. The molecular formula is C32H29ClN2O. The van der Waals surface area contributed by atoms with Crippen molar-refractivity contribution >= 4 is 28.4 Å². The topological polar surface area (TPSA) is 34.0 Å². The molecule has 0 unspecified atom stereocenters. The highest BCUT2D eigenvalue weighted by Crippen LogP contribution is 2.28. The molecule has 5 aromatic rings. The fourth-order valence-corrected chi connectivity index (χ4v) is 4.95. The summed E-state index contributed by atoms with van der Waals surface area (Å²) in [4.78, 5) is 13.0. The lowest BCUT2D eigenvalue weighted by Gasteiger charge is -2.15. The summed E-state index contributed by atoms with van der Waals surface area (Å²) in [5, 5.41) is 4.87. The van der Waals surface area contributed by atoms with Crippen molar-refractivity contribution in [1.29, 1.82) is 0 Å². The zero-order valence-electron chi connectivity index (χ0n) is 20.8. The fourth-order valence-electron chi connectivity index (χ4n) is 4.75. The summed E-state index contributed by atoms with van der Waals surface area (Å²) in [5.74, 6) is -0.0920. The lowest BCUT2D eigenvalue weighted by atomic mass is 10.0. The molecule has 0 spiro atoms. The van der Waals surface area contributed by atoms with Crippen molar-refractivity contribution in [3.8, 4) is 11.1 Å². The number of nitrogens with zero attached hydrogens (tertiary/aromatic N) is 1. The van der Waals surface area contributed by atoms with E-state index in [1.165, 1.54) is 27.9 Å². The number of rotatable bonds is 6. The highest BCUT2D eigenvalue weighted by atomic mass is 35.5. The van der Waals surface area contributed by atoms with Gasteiger partial charge in [0.2, 0.25) is 0 Å². The van der Waals surface area contributed by atoms with E-state index in [-0.39, 0.29) is 11.9 Å². The van der Waals surface area contributed by atoms with Crippen LogP contribution in [0.1, 0.15) is 45.7 Å². The Balaban J connectivity index is 1.38. The number of hydrogen-bond acceptors (Lipinski definition) is 1. The van der Waals surface area contributed by atoms with Gasteiger partial charge in [-0.05, 0) is 78.9 Å². The number of carbonyl (C=O) groups is 1. The van der Waals surface area contributed by atoms with Crippen LogP contribution in [0.2, 0.25) is 5.02 Å². The van der Waals surface area contributed by atoms with E-state index >= 15 is 0 Å². The zero-order valence-corrected chi connectivity index (χ0v) is 21.5. The average Bonchev–Trinajstić information content (AvgIpc) is 3.14. The third-order valence-electron chi connectivity index (χ3n) is 7.00. The first-order chi connectivity index (χ1) is 17.4.